The van der Waals surface area contributed by atoms with Gasteiger partial charge in [0.05, 0.1) is 6.54 Å². The molecule has 1 atom stereocenters. The fourth-order valence-corrected chi connectivity index (χ4v) is 2.68. The van der Waals surface area contributed by atoms with Gasteiger partial charge in [-0.25, -0.2) is 0 Å². The summed E-state index contributed by atoms with van der Waals surface area (Å²) in [6, 6.07) is 2.78. The number of nitrogens with two attached hydrogens (primary N) is 1. The number of likely N-dealkylation sites (tertiary alicyclic amines) is 1. The maximum Gasteiger partial charge on any atom is 0.118 e. The normalized spacial score (nSPS) is 21.7. The molecule has 2 heterocycles. The summed E-state index contributed by atoms with van der Waals surface area (Å²) in [6.07, 6.45) is 2.57. The van der Waals surface area contributed by atoms with E-state index in [-0.39, 0.29) is 0 Å². The van der Waals surface area contributed by atoms with Crippen LogP contribution in [0.15, 0.2) is 10.5 Å². The zero-order valence-corrected chi connectivity index (χ0v) is 11.8. The lowest BCUT2D eigenvalue weighted by Gasteiger charge is -2.35. The molecule has 1 aromatic heterocycles. The fraction of sp³-hybridized carbons (Fsp3) is 0.714. The van der Waals surface area contributed by atoms with Gasteiger partial charge in [0.2, 0.25) is 0 Å². The van der Waals surface area contributed by atoms with Crippen LogP contribution in [0.25, 0.3) is 0 Å². The number of furan rings is 1. The summed E-state index contributed by atoms with van der Waals surface area (Å²) in [6.45, 7) is 5.76. The van der Waals surface area contributed by atoms with E-state index in [1.54, 1.807) is 0 Å². The van der Waals surface area contributed by atoms with Gasteiger partial charge in [0, 0.05) is 24.7 Å². The Morgan fingerprint density at radius 2 is 2.28 bits per heavy atom. The van der Waals surface area contributed by atoms with Gasteiger partial charge >= 0.3 is 0 Å². The molecule has 2 rings (SSSR count). The number of likely N-dealkylation sites (N-methyl/N-ethyl adjacent to an activating group) is 1. The predicted octanol–water partition coefficient (Wildman–Crippen LogP) is 1.57. The zero-order valence-electron chi connectivity index (χ0n) is 11.8. The van der Waals surface area contributed by atoms with E-state index in [9.17, 15) is 0 Å². The van der Waals surface area contributed by atoms with E-state index in [0.29, 0.717) is 12.6 Å². The molecule has 1 fully saturated rings. The number of hydrogen-bond acceptors (Lipinski definition) is 4. The highest BCUT2D eigenvalue weighted by Gasteiger charge is 2.22. The molecular weight excluding hydrogens is 226 g/mol. The zero-order chi connectivity index (χ0) is 13.1. The molecule has 0 amide bonds. The first-order chi connectivity index (χ1) is 8.60. The molecule has 0 bridgehead atoms. The second kappa shape index (κ2) is 5.87. The molecule has 1 unspecified atom stereocenters. The summed E-state index contributed by atoms with van der Waals surface area (Å²) in [4.78, 5) is 4.80. The van der Waals surface area contributed by atoms with Crippen molar-refractivity contribution in [3.05, 3.63) is 23.2 Å². The molecule has 4 heteroatoms. The van der Waals surface area contributed by atoms with Crippen LogP contribution in [0.3, 0.4) is 0 Å². The van der Waals surface area contributed by atoms with Crippen LogP contribution in [0.2, 0.25) is 0 Å². The Hall–Kier alpha value is -0.840. The van der Waals surface area contributed by atoms with Gasteiger partial charge in [-0.15, -0.1) is 0 Å². The number of hydrogen-bond donors (Lipinski definition) is 1. The topological polar surface area (TPSA) is 45.6 Å². The summed E-state index contributed by atoms with van der Waals surface area (Å²) >= 11 is 0. The van der Waals surface area contributed by atoms with E-state index in [1.165, 1.54) is 19.4 Å². The van der Waals surface area contributed by atoms with Crippen LogP contribution < -0.4 is 5.73 Å². The van der Waals surface area contributed by atoms with Gasteiger partial charge < -0.3 is 15.1 Å². The Morgan fingerprint density at radius 3 is 2.89 bits per heavy atom. The van der Waals surface area contributed by atoms with E-state index in [4.69, 9.17) is 10.2 Å². The lowest BCUT2D eigenvalue weighted by atomic mass is 10.0. The van der Waals surface area contributed by atoms with E-state index in [2.05, 4.69) is 30.0 Å². The van der Waals surface area contributed by atoms with Crippen molar-refractivity contribution in [2.24, 2.45) is 5.73 Å². The summed E-state index contributed by atoms with van der Waals surface area (Å²) < 4.78 is 5.77. The van der Waals surface area contributed by atoms with Gasteiger partial charge in [0.25, 0.3) is 0 Å². The quantitative estimate of drug-likeness (QED) is 0.882. The van der Waals surface area contributed by atoms with E-state index in [1.807, 2.05) is 6.92 Å². The second-order valence-corrected chi connectivity index (χ2v) is 5.49. The van der Waals surface area contributed by atoms with Crippen LogP contribution >= 0.6 is 0 Å². The average Bonchev–Trinajstić information content (AvgIpc) is 2.69. The molecule has 18 heavy (non-hydrogen) atoms. The highest BCUT2D eigenvalue weighted by molar-refractivity contribution is 5.20. The summed E-state index contributed by atoms with van der Waals surface area (Å²) in [5.41, 5.74) is 6.81. The molecule has 2 N–H and O–H groups in total. The van der Waals surface area contributed by atoms with Gasteiger partial charge in [-0.1, -0.05) is 0 Å². The van der Waals surface area contributed by atoms with Crippen molar-refractivity contribution in [3.8, 4) is 0 Å². The lowest BCUT2D eigenvalue weighted by molar-refractivity contribution is 0.121. The minimum absolute atomic E-state index is 0.565. The Labute approximate surface area is 110 Å². The third-order valence-corrected chi connectivity index (χ3v) is 3.88. The van der Waals surface area contributed by atoms with Crippen molar-refractivity contribution in [3.63, 3.8) is 0 Å². The largest absolute Gasteiger partial charge is 0.465 e. The average molecular weight is 251 g/mol. The molecule has 1 aliphatic heterocycles. The third kappa shape index (κ3) is 3.13. The maximum atomic E-state index is 5.77. The minimum atomic E-state index is 0.565. The van der Waals surface area contributed by atoms with Crippen molar-refractivity contribution in [1.29, 1.82) is 0 Å². The van der Waals surface area contributed by atoms with Crippen LogP contribution in [0.4, 0.5) is 0 Å². The first kappa shape index (κ1) is 13.6. The molecule has 0 spiro atoms. The van der Waals surface area contributed by atoms with Gasteiger partial charge in [-0.3, -0.25) is 4.90 Å². The maximum absolute atomic E-state index is 5.77. The van der Waals surface area contributed by atoms with Gasteiger partial charge in [-0.2, -0.15) is 0 Å². The Morgan fingerprint density at radius 1 is 1.50 bits per heavy atom. The molecule has 0 aromatic carbocycles. The van der Waals surface area contributed by atoms with Gasteiger partial charge in [-0.05, 0) is 46.5 Å². The summed E-state index contributed by atoms with van der Waals surface area (Å²) in [5, 5.41) is 0. The molecule has 0 aliphatic carbocycles. The first-order valence-electron chi connectivity index (χ1n) is 6.77. The van der Waals surface area contributed by atoms with Crippen molar-refractivity contribution in [1.82, 2.24) is 9.80 Å². The SMILES string of the molecule is Cc1oc(CN2CCCC(N(C)C)C2)cc1CN. The van der Waals surface area contributed by atoms with E-state index < -0.39 is 0 Å². The van der Waals surface area contributed by atoms with Crippen LogP contribution in [0, 0.1) is 6.92 Å². The smallest absolute Gasteiger partial charge is 0.118 e. The fourth-order valence-electron chi connectivity index (χ4n) is 2.68. The lowest BCUT2D eigenvalue weighted by Crippen LogP contribution is -2.44. The second-order valence-electron chi connectivity index (χ2n) is 5.49. The Balaban J connectivity index is 1.96. The first-order valence-corrected chi connectivity index (χ1v) is 6.77. The molecule has 1 aliphatic rings. The number of nitrogens with zero attached hydrogens (tertiary/aromatic N) is 2. The van der Waals surface area contributed by atoms with E-state index in [0.717, 1.165) is 30.2 Å². The van der Waals surface area contributed by atoms with Crippen molar-refractivity contribution in [2.45, 2.75) is 38.9 Å². The van der Waals surface area contributed by atoms with E-state index >= 15 is 0 Å². The highest BCUT2D eigenvalue weighted by Crippen LogP contribution is 2.19. The molecule has 102 valence electrons. The molecule has 1 saturated heterocycles. The molecule has 0 saturated carbocycles. The van der Waals surface area contributed by atoms with Crippen molar-refractivity contribution < 1.29 is 4.42 Å². The number of rotatable bonds is 4. The summed E-state index contributed by atoms with van der Waals surface area (Å²) in [5.74, 6) is 2.01. The van der Waals surface area contributed by atoms with Crippen molar-refractivity contribution in [2.75, 3.05) is 27.2 Å². The van der Waals surface area contributed by atoms with Gasteiger partial charge in [0.15, 0.2) is 0 Å². The molecule has 0 radical (unpaired) electrons. The Kier molecular flexibility index (Phi) is 4.43. The van der Waals surface area contributed by atoms with Crippen LogP contribution in [-0.2, 0) is 13.1 Å². The molecular formula is C14H25N3O. The summed E-state index contributed by atoms with van der Waals surface area (Å²) in [7, 11) is 4.33. The number of aryl methyl sites for hydroxylation is 1. The number of piperidine rings is 1. The Bertz CT molecular complexity index is 386. The van der Waals surface area contributed by atoms with Gasteiger partial charge in [0.1, 0.15) is 11.5 Å². The minimum Gasteiger partial charge on any atom is -0.465 e. The standard InChI is InChI=1S/C14H25N3O/c1-11-12(8-15)7-14(18-11)10-17-6-4-5-13(9-17)16(2)3/h7,13H,4-6,8-10,15H2,1-3H3. The van der Waals surface area contributed by atoms with Crippen LogP contribution in [-0.4, -0.2) is 43.0 Å². The molecule has 4 nitrogen and oxygen atoms in total. The monoisotopic (exact) mass is 251 g/mol. The predicted molar refractivity (Wildman–Crippen MR) is 73.3 cm³/mol. The van der Waals surface area contributed by atoms with Crippen LogP contribution in [0.5, 0.6) is 0 Å². The van der Waals surface area contributed by atoms with Crippen molar-refractivity contribution >= 4 is 0 Å². The molecule has 1 aromatic rings. The highest BCUT2D eigenvalue weighted by atomic mass is 16.3. The third-order valence-electron chi connectivity index (χ3n) is 3.88. The van der Waals surface area contributed by atoms with Crippen LogP contribution in [0.1, 0.15) is 29.9 Å².